The minimum absolute atomic E-state index is 0.111. The van der Waals surface area contributed by atoms with E-state index in [1.165, 1.54) is 5.56 Å². The highest BCUT2D eigenvalue weighted by Gasteiger charge is 2.02. The van der Waals surface area contributed by atoms with Gasteiger partial charge in [-0.15, -0.1) is 0 Å². The molecular formula is C11H17NO. The lowest BCUT2D eigenvalue weighted by Crippen LogP contribution is -2.21. The molecule has 0 amide bonds. The molecular weight excluding hydrogens is 162 g/mol. The Balaban J connectivity index is 3.19. The van der Waals surface area contributed by atoms with Crippen LogP contribution in [0, 0.1) is 6.92 Å². The van der Waals surface area contributed by atoms with Crippen molar-refractivity contribution in [3.05, 3.63) is 33.7 Å². The van der Waals surface area contributed by atoms with Gasteiger partial charge in [0.1, 0.15) is 0 Å². The fourth-order valence-corrected chi connectivity index (χ4v) is 1.65. The summed E-state index contributed by atoms with van der Waals surface area (Å²) in [6, 6.07) is 3.62. The first-order valence-corrected chi connectivity index (χ1v) is 4.90. The van der Waals surface area contributed by atoms with Gasteiger partial charge in [0.25, 0.3) is 5.56 Å². The van der Waals surface area contributed by atoms with Crippen molar-refractivity contribution in [3.8, 4) is 0 Å². The maximum absolute atomic E-state index is 11.4. The number of aryl methyl sites for hydroxylation is 1. The fraction of sp³-hybridized carbons (Fsp3) is 0.545. The molecule has 0 aliphatic heterocycles. The molecule has 0 aromatic carbocycles. The van der Waals surface area contributed by atoms with Gasteiger partial charge in [-0.25, -0.2) is 0 Å². The average Bonchev–Trinajstić information content (AvgIpc) is 2.11. The zero-order valence-electron chi connectivity index (χ0n) is 8.63. The van der Waals surface area contributed by atoms with Gasteiger partial charge < -0.3 is 4.57 Å². The Morgan fingerprint density at radius 3 is 2.54 bits per heavy atom. The van der Waals surface area contributed by atoms with E-state index in [0.29, 0.717) is 0 Å². The zero-order valence-corrected chi connectivity index (χ0v) is 8.63. The molecule has 13 heavy (non-hydrogen) atoms. The number of pyridine rings is 1. The Labute approximate surface area is 79.2 Å². The van der Waals surface area contributed by atoms with E-state index < -0.39 is 0 Å². The average molecular weight is 179 g/mol. The summed E-state index contributed by atoms with van der Waals surface area (Å²) in [6.45, 7) is 6.95. The molecule has 1 heterocycles. The smallest absolute Gasteiger partial charge is 0.250 e. The van der Waals surface area contributed by atoms with Gasteiger partial charge in [-0.2, -0.15) is 0 Å². The summed E-state index contributed by atoms with van der Waals surface area (Å²) in [5.74, 6) is 0. The molecule has 1 aromatic rings. The van der Waals surface area contributed by atoms with E-state index in [4.69, 9.17) is 0 Å². The van der Waals surface area contributed by atoms with E-state index in [-0.39, 0.29) is 5.56 Å². The van der Waals surface area contributed by atoms with Crippen LogP contribution in [0.4, 0.5) is 0 Å². The van der Waals surface area contributed by atoms with Gasteiger partial charge in [0.2, 0.25) is 0 Å². The van der Waals surface area contributed by atoms with Crippen LogP contribution in [0.3, 0.4) is 0 Å². The SMILES string of the molecule is CCCc1ccc(=O)n(CC)c1C. The zero-order chi connectivity index (χ0) is 9.84. The summed E-state index contributed by atoms with van der Waals surface area (Å²) in [4.78, 5) is 11.4. The number of nitrogens with zero attached hydrogens (tertiary/aromatic N) is 1. The molecule has 2 nitrogen and oxygen atoms in total. The van der Waals surface area contributed by atoms with Crippen LogP contribution in [0.1, 0.15) is 31.5 Å². The molecule has 1 aromatic heterocycles. The monoisotopic (exact) mass is 179 g/mol. The minimum Gasteiger partial charge on any atom is -0.313 e. The molecule has 0 saturated carbocycles. The topological polar surface area (TPSA) is 22.0 Å². The highest BCUT2D eigenvalue weighted by Crippen LogP contribution is 2.07. The van der Waals surface area contributed by atoms with Crippen LogP contribution in [-0.4, -0.2) is 4.57 Å². The van der Waals surface area contributed by atoms with Gasteiger partial charge in [0.05, 0.1) is 0 Å². The van der Waals surface area contributed by atoms with Crippen LogP contribution in [0.5, 0.6) is 0 Å². The second kappa shape index (κ2) is 4.26. The standard InChI is InChI=1S/C11H17NO/c1-4-6-10-7-8-11(13)12(5-2)9(10)3/h7-8H,4-6H2,1-3H3. The third kappa shape index (κ3) is 2.00. The lowest BCUT2D eigenvalue weighted by molar-refractivity contribution is 0.686. The van der Waals surface area contributed by atoms with Gasteiger partial charge in [-0.3, -0.25) is 4.79 Å². The van der Waals surface area contributed by atoms with Crippen molar-refractivity contribution in [2.75, 3.05) is 0 Å². The van der Waals surface area contributed by atoms with Crippen LogP contribution < -0.4 is 5.56 Å². The number of rotatable bonds is 3. The third-order valence-electron chi connectivity index (χ3n) is 2.40. The van der Waals surface area contributed by atoms with Crippen molar-refractivity contribution >= 4 is 0 Å². The quantitative estimate of drug-likeness (QED) is 0.696. The predicted molar refractivity (Wildman–Crippen MR) is 55.1 cm³/mol. The van der Waals surface area contributed by atoms with Crippen molar-refractivity contribution < 1.29 is 0 Å². The molecule has 0 saturated heterocycles. The van der Waals surface area contributed by atoms with Crippen molar-refractivity contribution in [2.24, 2.45) is 0 Å². The predicted octanol–water partition coefficient (Wildman–Crippen LogP) is 2.13. The first-order valence-electron chi connectivity index (χ1n) is 4.90. The summed E-state index contributed by atoms with van der Waals surface area (Å²) in [5, 5.41) is 0. The van der Waals surface area contributed by atoms with E-state index in [1.807, 2.05) is 24.5 Å². The Morgan fingerprint density at radius 2 is 2.00 bits per heavy atom. The fourth-order valence-electron chi connectivity index (χ4n) is 1.65. The van der Waals surface area contributed by atoms with Gasteiger partial charge in [0, 0.05) is 18.3 Å². The molecule has 0 radical (unpaired) electrons. The number of aromatic nitrogens is 1. The van der Waals surface area contributed by atoms with Crippen molar-refractivity contribution in [3.63, 3.8) is 0 Å². The molecule has 2 heteroatoms. The molecule has 0 N–H and O–H groups in total. The largest absolute Gasteiger partial charge is 0.313 e. The lowest BCUT2D eigenvalue weighted by Gasteiger charge is -2.10. The Morgan fingerprint density at radius 1 is 1.31 bits per heavy atom. The first-order chi connectivity index (χ1) is 6.20. The van der Waals surface area contributed by atoms with Crippen LogP contribution in [-0.2, 0) is 13.0 Å². The second-order valence-electron chi connectivity index (χ2n) is 3.28. The normalized spacial score (nSPS) is 10.4. The van der Waals surface area contributed by atoms with E-state index in [0.717, 1.165) is 25.1 Å². The van der Waals surface area contributed by atoms with Gasteiger partial charge >= 0.3 is 0 Å². The molecule has 72 valence electrons. The van der Waals surface area contributed by atoms with Crippen LogP contribution in [0.2, 0.25) is 0 Å². The van der Waals surface area contributed by atoms with E-state index in [9.17, 15) is 4.79 Å². The third-order valence-corrected chi connectivity index (χ3v) is 2.40. The molecule has 0 aliphatic rings. The molecule has 0 unspecified atom stereocenters. The summed E-state index contributed by atoms with van der Waals surface area (Å²) in [5.41, 5.74) is 2.53. The highest BCUT2D eigenvalue weighted by molar-refractivity contribution is 5.20. The molecule has 0 atom stereocenters. The Kier molecular flexibility index (Phi) is 3.29. The Hall–Kier alpha value is -1.05. The molecule has 0 bridgehead atoms. The molecule has 0 aliphatic carbocycles. The van der Waals surface area contributed by atoms with E-state index >= 15 is 0 Å². The lowest BCUT2D eigenvalue weighted by atomic mass is 10.1. The van der Waals surface area contributed by atoms with E-state index in [1.54, 1.807) is 6.07 Å². The van der Waals surface area contributed by atoms with E-state index in [2.05, 4.69) is 6.92 Å². The first kappa shape index (κ1) is 10.0. The maximum Gasteiger partial charge on any atom is 0.250 e. The van der Waals surface area contributed by atoms with Gasteiger partial charge in [-0.1, -0.05) is 19.4 Å². The van der Waals surface area contributed by atoms with Crippen molar-refractivity contribution in [1.29, 1.82) is 0 Å². The summed E-state index contributed by atoms with van der Waals surface area (Å²) in [6.07, 6.45) is 2.19. The summed E-state index contributed by atoms with van der Waals surface area (Å²) in [7, 11) is 0. The van der Waals surface area contributed by atoms with Crippen molar-refractivity contribution in [1.82, 2.24) is 4.57 Å². The Bertz CT molecular complexity index is 338. The summed E-state index contributed by atoms with van der Waals surface area (Å²) >= 11 is 0. The molecule has 1 rings (SSSR count). The highest BCUT2D eigenvalue weighted by atomic mass is 16.1. The summed E-state index contributed by atoms with van der Waals surface area (Å²) < 4.78 is 1.82. The van der Waals surface area contributed by atoms with Crippen molar-refractivity contribution in [2.45, 2.75) is 40.2 Å². The van der Waals surface area contributed by atoms with Crippen LogP contribution in [0.15, 0.2) is 16.9 Å². The van der Waals surface area contributed by atoms with Gasteiger partial charge in [-0.05, 0) is 25.8 Å². The van der Waals surface area contributed by atoms with Crippen LogP contribution >= 0.6 is 0 Å². The van der Waals surface area contributed by atoms with Gasteiger partial charge in [0.15, 0.2) is 0 Å². The molecule has 0 fully saturated rings. The number of hydrogen-bond acceptors (Lipinski definition) is 1. The second-order valence-corrected chi connectivity index (χ2v) is 3.28. The number of hydrogen-bond donors (Lipinski definition) is 0. The van der Waals surface area contributed by atoms with Crippen LogP contribution in [0.25, 0.3) is 0 Å². The maximum atomic E-state index is 11.4. The minimum atomic E-state index is 0.111. The molecule has 0 spiro atoms.